The fourth-order valence-corrected chi connectivity index (χ4v) is 3.45. The highest BCUT2D eigenvalue weighted by molar-refractivity contribution is 9.10. The first-order valence-electron chi connectivity index (χ1n) is 7.71. The van der Waals surface area contributed by atoms with Crippen LogP contribution in [0, 0.1) is 0 Å². The molecular weight excluding hydrogens is 370 g/mol. The minimum Gasteiger partial charge on any atom is -0.463 e. The third-order valence-corrected chi connectivity index (χ3v) is 4.51. The third kappa shape index (κ3) is 3.52. The monoisotopic (exact) mass is 387 g/mol. The van der Waals surface area contributed by atoms with E-state index >= 15 is 0 Å². The smallest absolute Gasteiger partial charge is 0.302 e. The number of esters is 1. The van der Waals surface area contributed by atoms with E-state index in [1.165, 1.54) is 6.92 Å². The van der Waals surface area contributed by atoms with Crippen LogP contribution in [0.2, 0.25) is 0 Å². The molecule has 5 heteroatoms. The van der Waals surface area contributed by atoms with Crippen molar-refractivity contribution in [3.63, 3.8) is 0 Å². The van der Waals surface area contributed by atoms with Crippen molar-refractivity contribution in [3.8, 4) is 11.3 Å². The number of nitrogens with zero attached hydrogens (tertiary/aromatic N) is 1. The van der Waals surface area contributed by atoms with Crippen molar-refractivity contribution in [2.75, 3.05) is 13.2 Å². The zero-order chi connectivity index (χ0) is 16.9. The van der Waals surface area contributed by atoms with Gasteiger partial charge in [-0.25, -0.2) is 0 Å². The molecule has 0 amide bonds. The van der Waals surface area contributed by atoms with E-state index in [-0.39, 0.29) is 12.6 Å². The number of fused-ring (bicyclic) bond motifs is 1. The van der Waals surface area contributed by atoms with Gasteiger partial charge in [0.25, 0.3) is 0 Å². The summed E-state index contributed by atoms with van der Waals surface area (Å²) in [5.41, 5.74) is 3.28. The molecule has 1 aromatic heterocycles. The van der Waals surface area contributed by atoms with E-state index in [4.69, 9.17) is 9.47 Å². The molecule has 3 aromatic rings. The highest BCUT2D eigenvalue weighted by Gasteiger charge is 2.16. The zero-order valence-electron chi connectivity index (χ0n) is 13.4. The number of carbonyl (C=O) groups excluding carboxylic acids is 1. The van der Waals surface area contributed by atoms with Crippen LogP contribution >= 0.6 is 15.9 Å². The molecule has 0 unspecified atom stereocenters. The molecule has 0 fully saturated rings. The summed E-state index contributed by atoms with van der Waals surface area (Å²) in [6.07, 6.45) is 0. The zero-order valence-corrected chi connectivity index (χ0v) is 15.0. The van der Waals surface area contributed by atoms with Crippen molar-refractivity contribution in [2.24, 2.45) is 0 Å². The number of benzene rings is 2. The van der Waals surface area contributed by atoms with Gasteiger partial charge in [0.1, 0.15) is 13.3 Å². The number of ether oxygens (including phenoxy) is 2. The van der Waals surface area contributed by atoms with Gasteiger partial charge in [-0.1, -0.05) is 48.5 Å². The number of hydrogen-bond donors (Lipinski definition) is 0. The Morgan fingerprint density at radius 2 is 1.75 bits per heavy atom. The van der Waals surface area contributed by atoms with Gasteiger partial charge in [0, 0.05) is 12.3 Å². The highest BCUT2D eigenvalue weighted by atomic mass is 79.9. The Labute approximate surface area is 149 Å². The maximum absolute atomic E-state index is 10.8. The normalized spacial score (nSPS) is 10.9. The molecule has 0 saturated carbocycles. The van der Waals surface area contributed by atoms with Crippen LogP contribution in [0.1, 0.15) is 6.92 Å². The van der Waals surface area contributed by atoms with Gasteiger partial charge >= 0.3 is 5.97 Å². The van der Waals surface area contributed by atoms with Crippen LogP contribution in [-0.4, -0.2) is 23.8 Å². The van der Waals surface area contributed by atoms with Gasteiger partial charge < -0.3 is 14.0 Å². The number of hydrogen-bond acceptors (Lipinski definition) is 3. The minimum absolute atomic E-state index is 0.260. The van der Waals surface area contributed by atoms with Crippen LogP contribution in [0.25, 0.3) is 22.2 Å². The van der Waals surface area contributed by atoms with E-state index in [0.29, 0.717) is 13.3 Å². The number of halogens is 1. The topological polar surface area (TPSA) is 40.5 Å². The molecule has 0 bridgehead atoms. The van der Waals surface area contributed by atoms with Gasteiger partial charge in [0.05, 0.1) is 22.3 Å². The molecule has 1 heterocycles. The Balaban J connectivity index is 1.91. The minimum atomic E-state index is -0.294. The van der Waals surface area contributed by atoms with Gasteiger partial charge in [-0.2, -0.15) is 0 Å². The van der Waals surface area contributed by atoms with Crippen molar-refractivity contribution < 1.29 is 14.3 Å². The fraction of sp³-hybridized carbons (Fsp3) is 0.211. The number of para-hydroxylation sites is 1. The summed E-state index contributed by atoms with van der Waals surface area (Å²) in [7, 11) is 0. The van der Waals surface area contributed by atoms with Gasteiger partial charge in [-0.3, -0.25) is 4.79 Å². The van der Waals surface area contributed by atoms with Crippen molar-refractivity contribution in [2.45, 2.75) is 13.7 Å². The lowest BCUT2D eigenvalue weighted by atomic mass is 10.1. The third-order valence-electron chi connectivity index (χ3n) is 3.71. The number of aromatic nitrogens is 1. The Morgan fingerprint density at radius 1 is 1.04 bits per heavy atom. The van der Waals surface area contributed by atoms with E-state index in [1.807, 2.05) is 30.3 Å². The van der Waals surface area contributed by atoms with Crippen LogP contribution < -0.4 is 0 Å². The summed E-state index contributed by atoms with van der Waals surface area (Å²) in [4.78, 5) is 10.8. The molecule has 0 aliphatic rings. The molecule has 0 atom stereocenters. The van der Waals surface area contributed by atoms with Gasteiger partial charge in [0.2, 0.25) is 0 Å². The molecule has 4 nitrogen and oxygen atoms in total. The first-order chi connectivity index (χ1) is 11.7. The van der Waals surface area contributed by atoms with Crippen molar-refractivity contribution in [3.05, 3.63) is 59.1 Å². The lowest BCUT2D eigenvalue weighted by Crippen LogP contribution is -2.11. The highest BCUT2D eigenvalue weighted by Crippen LogP contribution is 2.37. The molecule has 24 heavy (non-hydrogen) atoms. The van der Waals surface area contributed by atoms with Crippen LogP contribution in [-0.2, 0) is 21.0 Å². The second-order valence-corrected chi connectivity index (χ2v) is 6.14. The fourth-order valence-electron chi connectivity index (χ4n) is 2.67. The molecule has 2 aromatic carbocycles. The Morgan fingerprint density at radius 3 is 2.50 bits per heavy atom. The maximum Gasteiger partial charge on any atom is 0.302 e. The first kappa shape index (κ1) is 16.7. The first-order valence-corrected chi connectivity index (χ1v) is 8.51. The van der Waals surface area contributed by atoms with E-state index in [2.05, 4.69) is 44.8 Å². The van der Waals surface area contributed by atoms with Crippen LogP contribution in [0.4, 0.5) is 0 Å². The average Bonchev–Trinajstić information content (AvgIpc) is 2.88. The SMILES string of the molecule is CC(=O)OCCOCn1c(-c2ccccc2)c(Br)c2ccccc21. The Hall–Kier alpha value is -2.11. The molecule has 0 aliphatic heterocycles. The van der Waals surface area contributed by atoms with Crippen molar-refractivity contribution in [1.82, 2.24) is 4.57 Å². The molecule has 124 valence electrons. The number of carbonyl (C=O) groups is 1. The van der Waals surface area contributed by atoms with Gasteiger partial charge in [-0.05, 0) is 27.6 Å². The lowest BCUT2D eigenvalue weighted by molar-refractivity contribution is -0.142. The average molecular weight is 388 g/mol. The van der Waals surface area contributed by atoms with Crippen molar-refractivity contribution in [1.29, 1.82) is 0 Å². The molecule has 3 rings (SSSR count). The molecule has 0 N–H and O–H groups in total. The molecule has 0 saturated heterocycles. The van der Waals surface area contributed by atoms with E-state index in [1.54, 1.807) is 0 Å². The molecule has 0 aliphatic carbocycles. The predicted octanol–water partition coefficient (Wildman–Crippen LogP) is 4.61. The van der Waals surface area contributed by atoms with Gasteiger partial charge in [0.15, 0.2) is 0 Å². The summed E-state index contributed by atoms with van der Waals surface area (Å²) in [6, 6.07) is 18.4. The van der Waals surface area contributed by atoms with E-state index in [9.17, 15) is 4.79 Å². The molecule has 0 spiro atoms. The maximum atomic E-state index is 10.8. The summed E-state index contributed by atoms with van der Waals surface area (Å²) < 4.78 is 13.8. The largest absolute Gasteiger partial charge is 0.463 e. The summed E-state index contributed by atoms with van der Waals surface area (Å²) in [5, 5.41) is 1.14. The van der Waals surface area contributed by atoms with Gasteiger partial charge in [-0.15, -0.1) is 0 Å². The van der Waals surface area contributed by atoms with Crippen LogP contribution in [0.3, 0.4) is 0 Å². The van der Waals surface area contributed by atoms with E-state index in [0.717, 1.165) is 26.6 Å². The predicted molar refractivity (Wildman–Crippen MR) is 97.7 cm³/mol. The molecule has 0 radical (unpaired) electrons. The van der Waals surface area contributed by atoms with Crippen molar-refractivity contribution >= 4 is 32.8 Å². The Kier molecular flexibility index (Phi) is 5.33. The standard InChI is InChI=1S/C19H18BrNO3/c1-14(22)24-12-11-23-13-21-17-10-6-5-9-16(17)18(20)19(21)15-7-3-2-4-8-15/h2-10H,11-13H2,1H3. The van der Waals surface area contributed by atoms with E-state index < -0.39 is 0 Å². The second-order valence-electron chi connectivity index (χ2n) is 5.35. The lowest BCUT2D eigenvalue weighted by Gasteiger charge is -2.12. The molecular formula is C19H18BrNO3. The quantitative estimate of drug-likeness (QED) is 0.458. The summed E-state index contributed by atoms with van der Waals surface area (Å²) in [6.45, 7) is 2.40. The Bertz CT molecular complexity index is 842. The van der Waals surface area contributed by atoms with Crippen LogP contribution in [0.15, 0.2) is 59.1 Å². The summed E-state index contributed by atoms with van der Waals surface area (Å²) >= 11 is 3.74. The van der Waals surface area contributed by atoms with Crippen LogP contribution in [0.5, 0.6) is 0 Å². The second kappa shape index (κ2) is 7.64. The summed E-state index contributed by atoms with van der Waals surface area (Å²) in [5.74, 6) is -0.294. The number of rotatable bonds is 6.